The summed E-state index contributed by atoms with van der Waals surface area (Å²) < 4.78 is 5.07. The summed E-state index contributed by atoms with van der Waals surface area (Å²) in [6, 6.07) is 14.2. The van der Waals surface area contributed by atoms with E-state index in [0.29, 0.717) is 13.1 Å². The van der Waals surface area contributed by atoms with Crippen LogP contribution < -0.4 is 5.32 Å². The van der Waals surface area contributed by atoms with Crippen molar-refractivity contribution in [2.45, 2.75) is 19.5 Å². The molecule has 10 nitrogen and oxygen atoms in total. The molecule has 3 rings (SSSR count). The van der Waals surface area contributed by atoms with Crippen molar-refractivity contribution >= 4 is 23.5 Å². The van der Waals surface area contributed by atoms with Crippen molar-refractivity contribution in [3.05, 3.63) is 75.8 Å². The normalized spacial score (nSPS) is 14.9. The molecule has 33 heavy (non-hydrogen) atoms. The summed E-state index contributed by atoms with van der Waals surface area (Å²) in [5, 5.41) is 13.3. The average Bonchev–Trinajstić information content (AvgIpc) is 2.83. The van der Waals surface area contributed by atoms with Crippen LogP contribution in [0.25, 0.3) is 0 Å². The molecule has 10 heteroatoms. The fraction of sp³-hybridized carbons (Fsp3) is 0.348. The summed E-state index contributed by atoms with van der Waals surface area (Å²) in [5.74, 6) is -1.70. The first-order chi connectivity index (χ1) is 15.8. The minimum Gasteiger partial charge on any atom is -0.454 e. The van der Waals surface area contributed by atoms with E-state index in [0.717, 1.165) is 25.7 Å². The maximum absolute atomic E-state index is 12.4. The van der Waals surface area contributed by atoms with Gasteiger partial charge in [0.2, 0.25) is 0 Å². The number of rotatable bonds is 8. The number of esters is 1. The molecule has 1 N–H and O–H groups in total. The van der Waals surface area contributed by atoms with Gasteiger partial charge in [0.25, 0.3) is 17.5 Å². The van der Waals surface area contributed by atoms with E-state index >= 15 is 0 Å². The number of nitrogens with one attached hydrogen (secondary N) is 1. The fourth-order valence-corrected chi connectivity index (χ4v) is 3.45. The number of piperazine rings is 1. The molecule has 2 aromatic carbocycles. The van der Waals surface area contributed by atoms with Gasteiger partial charge in [0, 0.05) is 50.4 Å². The van der Waals surface area contributed by atoms with Gasteiger partial charge >= 0.3 is 5.97 Å². The van der Waals surface area contributed by atoms with Gasteiger partial charge in [-0.25, -0.2) is 4.79 Å². The monoisotopic (exact) mass is 454 g/mol. The van der Waals surface area contributed by atoms with Crippen LogP contribution in [-0.2, 0) is 20.9 Å². The van der Waals surface area contributed by atoms with Gasteiger partial charge in [0.15, 0.2) is 6.61 Å². The van der Waals surface area contributed by atoms with Crippen molar-refractivity contribution in [2.75, 3.05) is 32.8 Å². The largest absolute Gasteiger partial charge is 0.454 e. The van der Waals surface area contributed by atoms with E-state index in [1.54, 1.807) is 4.90 Å². The minimum absolute atomic E-state index is 0.0494. The number of carbonyl (C=O) groups excluding carboxylic acids is 3. The standard InChI is InChI=1S/C23H26N4O6/c1-17(24-22(29)19-8-5-9-20(14-19)27(31)32)23(30)33-16-21(28)26-12-10-25(11-13-26)15-18-6-3-2-4-7-18/h2-9,14,17H,10-13,15-16H2,1H3,(H,24,29)/t17-/m0/s1. The molecular weight excluding hydrogens is 428 g/mol. The van der Waals surface area contributed by atoms with Gasteiger partial charge < -0.3 is 15.0 Å². The third-order valence-corrected chi connectivity index (χ3v) is 5.33. The summed E-state index contributed by atoms with van der Waals surface area (Å²) in [6.45, 7) is 4.37. The molecule has 0 bridgehead atoms. The van der Waals surface area contributed by atoms with E-state index in [2.05, 4.69) is 22.3 Å². The lowest BCUT2D eigenvalue weighted by atomic mass is 10.2. The van der Waals surface area contributed by atoms with Gasteiger partial charge in [-0.15, -0.1) is 0 Å². The van der Waals surface area contributed by atoms with Gasteiger partial charge in [-0.2, -0.15) is 0 Å². The molecule has 0 radical (unpaired) electrons. The van der Waals surface area contributed by atoms with Gasteiger partial charge in [0.1, 0.15) is 6.04 Å². The SMILES string of the molecule is C[C@H](NC(=O)c1cccc([N+](=O)[O-])c1)C(=O)OCC(=O)N1CCN(Cc2ccccc2)CC1. The third-order valence-electron chi connectivity index (χ3n) is 5.33. The molecule has 1 aliphatic heterocycles. The predicted octanol–water partition coefficient (Wildman–Crippen LogP) is 1.60. The molecule has 1 atom stereocenters. The van der Waals surface area contributed by atoms with Crippen LogP contribution in [0.4, 0.5) is 5.69 Å². The lowest BCUT2D eigenvalue weighted by Crippen LogP contribution is -2.49. The molecular formula is C23H26N4O6. The molecule has 0 saturated carbocycles. The van der Waals surface area contributed by atoms with Crippen LogP contribution in [0.2, 0.25) is 0 Å². The number of nitro groups is 1. The van der Waals surface area contributed by atoms with Crippen LogP contribution >= 0.6 is 0 Å². The quantitative estimate of drug-likeness (QED) is 0.365. The maximum atomic E-state index is 12.4. The predicted molar refractivity (Wildman–Crippen MR) is 119 cm³/mol. The number of amides is 2. The van der Waals surface area contributed by atoms with Crippen molar-refractivity contribution in [1.82, 2.24) is 15.1 Å². The van der Waals surface area contributed by atoms with Gasteiger partial charge in [-0.05, 0) is 18.6 Å². The zero-order valence-corrected chi connectivity index (χ0v) is 18.3. The van der Waals surface area contributed by atoms with Crippen LogP contribution in [0.1, 0.15) is 22.8 Å². The molecule has 1 fully saturated rings. The summed E-state index contributed by atoms with van der Waals surface area (Å²) in [7, 11) is 0. The zero-order chi connectivity index (χ0) is 23.8. The highest BCUT2D eigenvalue weighted by atomic mass is 16.6. The first kappa shape index (κ1) is 23.9. The summed E-state index contributed by atoms with van der Waals surface area (Å²) in [5.41, 5.74) is 1.04. The summed E-state index contributed by atoms with van der Waals surface area (Å²) in [4.78, 5) is 51.0. The van der Waals surface area contributed by atoms with Gasteiger partial charge in [0.05, 0.1) is 4.92 Å². The molecule has 2 aromatic rings. The number of ether oxygens (including phenoxy) is 1. The maximum Gasteiger partial charge on any atom is 0.328 e. The third kappa shape index (κ3) is 6.84. The number of nitro benzene ring substituents is 1. The Morgan fingerprint density at radius 2 is 1.76 bits per heavy atom. The van der Waals surface area contributed by atoms with E-state index in [-0.39, 0.29) is 17.2 Å². The first-order valence-electron chi connectivity index (χ1n) is 10.6. The molecule has 0 aliphatic carbocycles. The van der Waals surface area contributed by atoms with Gasteiger partial charge in [-0.3, -0.25) is 24.6 Å². The fourth-order valence-electron chi connectivity index (χ4n) is 3.45. The van der Waals surface area contributed by atoms with Crippen molar-refractivity contribution in [3.63, 3.8) is 0 Å². The van der Waals surface area contributed by atoms with Gasteiger partial charge in [-0.1, -0.05) is 36.4 Å². The lowest BCUT2D eigenvalue weighted by molar-refractivity contribution is -0.384. The molecule has 174 valence electrons. The Balaban J connectivity index is 1.41. The van der Waals surface area contributed by atoms with Crippen molar-refractivity contribution in [3.8, 4) is 0 Å². The van der Waals surface area contributed by atoms with Crippen LogP contribution in [0.15, 0.2) is 54.6 Å². The molecule has 0 spiro atoms. The summed E-state index contributed by atoms with van der Waals surface area (Å²) in [6.07, 6.45) is 0. The second-order valence-electron chi connectivity index (χ2n) is 7.75. The molecule has 0 unspecified atom stereocenters. The highest BCUT2D eigenvalue weighted by Gasteiger charge is 2.24. The van der Waals surface area contributed by atoms with Crippen LogP contribution in [0.3, 0.4) is 0 Å². The van der Waals surface area contributed by atoms with Crippen molar-refractivity contribution in [1.29, 1.82) is 0 Å². The molecule has 2 amide bonds. The highest BCUT2D eigenvalue weighted by Crippen LogP contribution is 2.13. The Hall–Kier alpha value is -3.79. The molecule has 1 saturated heterocycles. The summed E-state index contributed by atoms with van der Waals surface area (Å²) >= 11 is 0. The number of hydrogen-bond acceptors (Lipinski definition) is 7. The second-order valence-corrected chi connectivity index (χ2v) is 7.75. The van der Waals surface area contributed by atoms with Crippen LogP contribution in [0, 0.1) is 10.1 Å². The molecule has 1 heterocycles. The average molecular weight is 454 g/mol. The van der Waals surface area contributed by atoms with E-state index in [1.165, 1.54) is 30.7 Å². The Morgan fingerprint density at radius 3 is 2.42 bits per heavy atom. The Morgan fingerprint density at radius 1 is 1.06 bits per heavy atom. The number of hydrogen-bond donors (Lipinski definition) is 1. The van der Waals surface area contributed by atoms with E-state index < -0.39 is 29.4 Å². The highest BCUT2D eigenvalue weighted by molar-refractivity contribution is 5.97. The Bertz CT molecular complexity index is 1010. The first-order valence-corrected chi connectivity index (χ1v) is 10.6. The number of benzene rings is 2. The lowest BCUT2D eigenvalue weighted by Gasteiger charge is -2.34. The zero-order valence-electron chi connectivity index (χ0n) is 18.3. The number of carbonyl (C=O) groups is 3. The Kier molecular flexibility index (Phi) is 8.09. The van der Waals surface area contributed by atoms with E-state index in [1.807, 2.05) is 18.2 Å². The van der Waals surface area contributed by atoms with Crippen molar-refractivity contribution < 1.29 is 24.0 Å². The Labute approximate surface area is 191 Å². The molecule has 1 aliphatic rings. The molecule has 0 aromatic heterocycles. The second kappa shape index (κ2) is 11.2. The number of non-ortho nitro benzene ring substituents is 1. The van der Waals surface area contributed by atoms with Crippen LogP contribution in [-0.4, -0.2) is 71.3 Å². The smallest absolute Gasteiger partial charge is 0.328 e. The van der Waals surface area contributed by atoms with Crippen LogP contribution in [0.5, 0.6) is 0 Å². The van der Waals surface area contributed by atoms with E-state index in [9.17, 15) is 24.5 Å². The minimum atomic E-state index is -1.02. The van der Waals surface area contributed by atoms with E-state index in [4.69, 9.17) is 4.74 Å². The van der Waals surface area contributed by atoms with Crippen molar-refractivity contribution in [2.24, 2.45) is 0 Å². The number of nitrogens with zero attached hydrogens (tertiary/aromatic N) is 3. The topological polar surface area (TPSA) is 122 Å².